The molecule has 1 saturated heterocycles. The molecule has 2 heterocycles. The Labute approximate surface area is 112 Å². The fourth-order valence-corrected chi connectivity index (χ4v) is 2.29. The highest BCUT2D eigenvalue weighted by molar-refractivity contribution is 5.73. The van der Waals surface area contributed by atoms with Crippen LogP contribution in [0.4, 0.5) is 5.69 Å². The normalized spacial score (nSPS) is 16.2. The number of ether oxygens (including phenoxy) is 1. The van der Waals surface area contributed by atoms with Crippen molar-refractivity contribution in [3.8, 4) is 0 Å². The van der Waals surface area contributed by atoms with E-state index in [-0.39, 0.29) is 11.9 Å². The lowest BCUT2D eigenvalue weighted by molar-refractivity contribution is -0.148. The third-order valence-corrected chi connectivity index (χ3v) is 3.37. The van der Waals surface area contributed by atoms with Gasteiger partial charge in [-0.05, 0) is 31.9 Å². The van der Waals surface area contributed by atoms with E-state index in [1.165, 1.54) is 0 Å². The summed E-state index contributed by atoms with van der Waals surface area (Å²) < 4.78 is 5.04. The molecule has 1 aromatic rings. The molecule has 1 aliphatic rings. The lowest BCUT2D eigenvalue weighted by atomic mass is 9.97. The summed E-state index contributed by atoms with van der Waals surface area (Å²) in [6.07, 6.45) is 4.04. The van der Waals surface area contributed by atoms with Crippen molar-refractivity contribution < 1.29 is 14.3 Å². The summed E-state index contributed by atoms with van der Waals surface area (Å²) >= 11 is 0. The van der Waals surface area contributed by atoms with Gasteiger partial charge in [-0.15, -0.1) is 0 Å². The summed E-state index contributed by atoms with van der Waals surface area (Å²) in [5.74, 6) is -0.0741. The van der Waals surface area contributed by atoms with Gasteiger partial charge in [0.25, 0.3) is 0 Å². The van der Waals surface area contributed by atoms with Crippen molar-refractivity contribution in [2.45, 2.75) is 19.8 Å². The number of esters is 1. The molecule has 0 saturated carbocycles. The monoisotopic (exact) mass is 262 g/mol. The summed E-state index contributed by atoms with van der Waals surface area (Å²) in [5.41, 5.74) is 1.43. The molecule has 19 heavy (non-hydrogen) atoms. The van der Waals surface area contributed by atoms with Crippen molar-refractivity contribution in [2.24, 2.45) is 5.92 Å². The molecule has 5 nitrogen and oxygen atoms in total. The third-order valence-electron chi connectivity index (χ3n) is 3.37. The van der Waals surface area contributed by atoms with Gasteiger partial charge in [-0.25, -0.2) is 0 Å². The van der Waals surface area contributed by atoms with Gasteiger partial charge in [0.1, 0.15) is 5.69 Å². The molecule has 0 unspecified atom stereocenters. The number of aromatic nitrogens is 1. The highest BCUT2D eigenvalue weighted by Gasteiger charge is 2.26. The molecule has 0 aromatic carbocycles. The van der Waals surface area contributed by atoms with Gasteiger partial charge in [-0.3, -0.25) is 14.6 Å². The van der Waals surface area contributed by atoms with E-state index in [0.29, 0.717) is 12.3 Å². The van der Waals surface area contributed by atoms with Crippen LogP contribution in [0.3, 0.4) is 0 Å². The van der Waals surface area contributed by atoms with Crippen LogP contribution in [0.5, 0.6) is 0 Å². The van der Waals surface area contributed by atoms with Gasteiger partial charge in [-0.1, -0.05) is 0 Å². The molecule has 102 valence electrons. The smallest absolute Gasteiger partial charge is 0.309 e. The van der Waals surface area contributed by atoms with Crippen LogP contribution in [0, 0.1) is 5.92 Å². The number of rotatable bonds is 4. The van der Waals surface area contributed by atoms with Crippen LogP contribution in [-0.2, 0) is 9.53 Å². The predicted molar refractivity (Wildman–Crippen MR) is 71.2 cm³/mol. The SMILES string of the molecule is CCOC(=O)C1CCN(c2ccc(C=O)nc2)CC1. The van der Waals surface area contributed by atoms with Crippen LogP contribution in [0.15, 0.2) is 18.3 Å². The Morgan fingerprint density at radius 2 is 2.21 bits per heavy atom. The van der Waals surface area contributed by atoms with E-state index in [2.05, 4.69) is 9.88 Å². The minimum atomic E-state index is -0.0865. The van der Waals surface area contributed by atoms with Crippen molar-refractivity contribution in [3.63, 3.8) is 0 Å². The first-order valence-electron chi connectivity index (χ1n) is 6.57. The lowest BCUT2D eigenvalue weighted by Crippen LogP contribution is -2.37. The number of hydrogen-bond donors (Lipinski definition) is 0. The standard InChI is InChI=1S/C14H18N2O3/c1-2-19-14(18)11-5-7-16(8-6-11)13-4-3-12(10-17)15-9-13/h3-4,9-11H,2,5-8H2,1H3. The highest BCUT2D eigenvalue weighted by atomic mass is 16.5. The Morgan fingerprint density at radius 3 is 2.74 bits per heavy atom. The molecule has 1 aliphatic heterocycles. The first-order valence-corrected chi connectivity index (χ1v) is 6.57. The van der Waals surface area contributed by atoms with Gasteiger partial charge in [0.05, 0.1) is 24.4 Å². The summed E-state index contributed by atoms with van der Waals surface area (Å²) in [6, 6.07) is 3.60. The first-order chi connectivity index (χ1) is 9.24. The molecule has 1 fully saturated rings. The molecular weight excluding hydrogens is 244 g/mol. The fraction of sp³-hybridized carbons (Fsp3) is 0.500. The molecule has 5 heteroatoms. The van der Waals surface area contributed by atoms with Gasteiger partial charge < -0.3 is 9.64 Å². The number of anilines is 1. The third kappa shape index (κ3) is 3.30. The maximum atomic E-state index is 11.6. The predicted octanol–water partition coefficient (Wildman–Crippen LogP) is 1.67. The van der Waals surface area contributed by atoms with Gasteiger partial charge in [-0.2, -0.15) is 0 Å². The summed E-state index contributed by atoms with van der Waals surface area (Å²) in [7, 11) is 0. The van der Waals surface area contributed by atoms with Gasteiger partial charge in [0.2, 0.25) is 0 Å². The highest BCUT2D eigenvalue weighted by Crippen LogP contribution is 2.23. The number of pyridine rings is 1. The molecular formula is C14H18N2O3. The minimum Gasteiger partial charge on any atom is -0.466 e. The van der Waals surface area contributed by atoms with Crippen molar-refractivity contribution in [3.05, 3.63) is 24.0 Å². The lowest BCUT2D eigenvalue weighted by Gasteiger charge is -2.32. The second-order valence-corrected chi connectivity index (χ2v) is 4.57. The molecule has 0 bridgehead atoms. The van der Waals surface area contributed by atoms with E-state index in [1.54, 1.807) is 12.3 Å². The Bertz CT molecular complexity index is 437. The quantitative estimate of drug-likeness (QED) is 0.610. The number of hydrogen-bond acceptors (Lipinski definition) is 5. The molecule has 1 aromatic heterocycles. The number of nitrogens with zero attached hydrogens (tertiary/aromatic N) is 2. The van der Waals surface area contributed by atoms with Crippen molar-refractivity contribution in [1.29, 1.82) is 0 Å². The van der Waals surface area contributed by atoms with Crippen molar-refractivity contribution in [1.82, 2.24) is 4.98 Å². The largest absolute Gasteiger partial charge is 0.466 e. The van der Waals surface area contributed by atoms with E-state index in [1.807, 2.05) is 13.0 Å². The molecule has 0 atom stereocenters. The molecule has 0 spiro atoms. The second kappa shape index (κ2) is 6.31. The zero-order chi connectivity index (χ0) is 13.7. The average Bonchev–Trinajstić information content (AvgIpc) is 2.48. The Balaban J connectivity index is 1.91. The van der Waals surface area contributed by atoms with Gasteiger partial charge in [0, 0.05) is 13.1 Å². The van der Waals surface area contributed by atoms with Crippen LogP contribution < -0.4 is 4.90 Å². The Hall–Kier alpha value is -1.91. The van der Waals surface area contributed by atoms with Gasteiger partial charge in [0.15, 0.2) is 6.29 Å². The zero-order valence-corrected chi connectivity index (χ0v) is 11.0. The first kappa shape index (κ1) is 13.5. The average molecular weight is 262 g/mol. The topological polar surface area (TPSA) is 59.5 Å². The van der Waals surface area contributed by atoms with Crippen LogP contribution in [-0.4, -0.2) is 36.9 Å². The number of carbonyl (C=O) groups is 2. The fourth-order valence-electron chi connectivity index (χ4n) is 2.29. The van der Waals surface area contributed by atoms with E-state index in [0.717, 1.165) is 37.9 Å². The molecule has 0 amide bonds. The Morgan fingerprint density at radius 1 is 1.47 bits per heavy atom. The second-order valence-electron chi connectivity index (χ2n) is 4.57. The van der Waals surface area contributed by atoms with Gasteiger partial charge >= 0.3 is 5.97 Å². The Kier molecular flexibility index (Phi) is 4.49. The minimum absolute atomic E-state index is 0.0124. The van der Waals surface area contributed by atoms with E-state index in [9.17, 15) is 9.59 Å². The van der Waals surface area contributed by atoms with Crippen LogP contribution >= 0.6 is 0 Å². The van der Waals surface area contributed by atoms with Crippen LogP contribution in [0.2, 0.25) is 0 Å². The molecule has 0 N–H and O–H groups in total. The number of carbonyl (C=O) groups excluding carboxylic acids is 2. The van der Waals surface area contributed by atoms with Crippen LogP contribution in [0.1, 0.15) is 30.3 Å². The van der Waals surface area contributed by atoms with Crippen molar-refractivity contribution >= 4 is 17.9 Å². The number of aldehydes is 1. The number of piperidine rings is 1. The van der Waals surface area contributed by atoms with E-state index in [4.69, 9.17) is 4.74 Å². The van der Waals surface area contributed by atoms with E-state index >= 15 is 0 Å². The zero-order valence-electron chi connectivity index (χ0n) is 11.0. The maximum absolute atomic E-state index is 11.6. The maximum Gasteiger partial charge on any atom is 0.309 e. The molecule has 2 rings (SSSR count). The van der Waals surface area contributed by atoms with E-state index < -0.39 is 0 Å². The van der Waals surface area contributed by atoms with Crippen LogP contribution in [0.25, 0.3) is 0 Å². The summed E-state index contributed by atoms with van der Waals surface area (Å²) in [5, 5.41) is 0. The molecule has 0 radical (unpaired) electrons. The summed E-state index contributed by atoms with van der Waals surface area (Å²) in [4.78, 5) is 28.4. The van der Waals surface area contributed by atoms with Crippen molar-refractivity contribution in [2.75, 3.05) is 24.6 Å². The molecule has 0 aliphatic carbocycles. The summed E-state index contributed by atoms with van der Waals surface area (Å²) in [6.45, 7) is 3.89.